The molecule has 0 aliphatic heterocycles. The lowest BCUT2D eigenvalue weighted by atomic mass is 10.1. The molecule has 0 aliphatic rings. The largest absolute Gasteiger partial charge is 0.396 e. The van der Waals surface area contributed by atoms with Gasteiger partial charge in [0, 0.05) is 16.0 Å². The molecule has 7 heteroatoms. The van der Waals surface area contributed by atoms with Gasteiger partial charge in [-0.15, -0.1) is 0 Å². The van der Waals surface area contributed by atoms with E-state index < -0.39 is 5.82 Å². The number of pyridine rings is 1. The third-order valence-corrected chi connectivity index (χ3v) is 4.19. The second-order valence-corrected chi connectivity index (χ2v) is 6.12. The second kappa shape index (κ2) is 6.57. The van der Waals surface area contributed by atoms with Gasteiger partial charge in [-0.3, -0.25) is 0 Å². The van der Waals surface area contributed by atoms with Gasteiger partial charge in [0.05, 0.1) is 40.7 Å². The van der Waals surface area contributed by atoms with E-state index in [4.69, 9.17) is 17.3 Å². The summed E-state index contributed by atoms with van der Waals surface area (Å²) < 4.78 is 14.3. The molecule has 0 radical (unpaired) electrons. The van der Waals surface area contributed by atoms with Gasteiger partial charge in [-0.1, -0.05) is 29.8 Å². The fourth-order valence-corrected chi connectivity index (χ4v) is 2.86. The molecule has 3 N–H and O–H groups in total. The summed E-state index contributed by atoms with van der Waals surface area (Å²) in [5, 5.41) is 12.1. The summed E-state index contributed by atoms with van der Waals surface area (Å²) in [6.45, 7) is 0. The molecule has 4 aromatic rings. The van der Waals surface area contributed by atoms with Gasteiger partial charge in [-0.25, -0.2) is 9.37 Å². The van der Waals surface area contributed by atoms with Gasteiger partial charge in [0.1, 0.15) is 5.82 Å². The zero-order chi connectivity index (χ0) is 18.1. The molecule has 128 valence electrons. The first-order valence-electron chi connectivity index (χ1n) is 7.80. The molecule has 0 spiro atoms. The predicted molar refractivity (Wildman–Crippen MR) is 102 cm³/mol. The number of aromatic nitrogens is 3. The van der Waals surface area contributed by atoms with Crippen LogP contribution in [0.15, 0.2) is 60.9 Å². The molecule has 0 amide bonds. The summed E-state index contributed by atoms with van der Waals surface area (Å²) in [6.07, 6.45) is 2.99. The molecule has 2 heterocycles. The van der Waals surface area contributed by atoms with Gasteiger partial charge < -0.3 is 11.1 Å². The lowest BCUT2D eigenvalue weighted by Crippen LogP contribution is -2.00. The highest BCUT2D eigenvalue weighted by atomic mass is 35.5. The Kier molecular flexibility index (Phi) is 4.10. The summed E-state index contributed by atoms with van der Waals surface area (Å²) in [7, 11) is 0. The van der Waals surface area contributed by atoms with Gasteiger partial charge in [-0.05, 0) is 30.3 Å². The number of hydrogen-bond acceptors (Lipinski definition) is 5. The first kappa shape index (κ1) is 16.2. The molecule has 26 heavy (non-hydrogen) atoms. The maximum absolute atomic E-state index is 14.3. The Morgan fingerprint density at radius 3 is 2.62 bits per heavy atom. The maximum Gasteiger partial charge on any atom is 0.132 e. The molecular formula is C19H13ClFN5. The standard InChI is InChI=1S/C19H13ClFN5/c20-11-5-6-14(21)13(7-11)18-8-17(12-3-1-2-4-16(12)25-18)26-19-10-24-23-9-15(19)22/h1-10H,(H2,22,24)(H,23,25,26). The van der Waals surface area contributed by atoms with Crippen LogP contribution >= 0.6 is 11.6 Å². The fraction of sp³-hybridized carbons (Fsp3) is 0. The molecule has 0 bridgehead atoms. The number of nitrogens with one attached hydrogen (secondary N) is 1. The lowest BCUT2D eigenvalue weighted by Gasteiger charge is -2.13. The van der Waals surface area contributed by atoms with Crippen molar-refractivity contribution in [2.75, 3.05) is 11.1 Å². The number of para-hydroxylation sites is 1. The zero-order valence-electron chi connectivity index (χ0n) is 13.4. The van der Waals surface area contributed by atoms with Crippen molar-refractivity contribution in [3.63, 3.8) is 0 Å². The number of benzene rings is 2. The number of halogens is 2. The Morgan fingerprint density at radius 2 is 1.77 bits per heavy atom. The molecule has 0 saturated carbocycles. The summed E-state index contributed by atoms with van der Waals surface area (Å²) >= 11 is 6.03. The smallest absolute Gasteiger partial charge is 0.132 e. The van der Waals surface area contributed by atoms with Crippen LogP contribution in [0.2, 0.25) is 5.02 Å². The quantitative estimate of drug-likeness (QED) is 0.544. The Hall–Kier alpha value is -3.25. The van der Waals surface area contributed by atoms with Crippen molar-refractivity contribution in [1.82, 2.24) is 15.2 Å². The van der Waals surface area contributed by atoms with Crippen LogP contribution in [0.4, 0.5) is 21.5 Å². The van der Waals surface area contributed by atoms with Crippen LogP contribution < -0.4 is 11.1 Å². The first-order valence-corrected chi connectivity index (χ1v) is 8.18. The van der Waals surface area contributed by atoms with E-state index in [1.54, 1.807) is 12.1 Å². The Balaban J connectivity index is 1.91. The number of rotatable bonds is 3. The molecular weight excluding hydrogens is 353 g/mol. The lowest BCUT2D eigenvalue weighted by molar-refractivity contribution is 0.631. The van der Waals surface area contributed by atoms with Crippen molar-refractivity contribution >= 4 is 39.6 Å². The van der Waals surface area contributed by atoms with Crippen molar-refractivity contribution < 1.29 is 4.39 Å². The minimum absolute atomic E-state index is 0.326. The summed E-state index contributed by atoms with van der Waals surface area (Å²) in [5.41, 5.74) is 9.24. The normalized spacial score (nSPS) is 10.8. The van der Waals surface area contributed by atoms with E-state index in [1.165, 1.54) is 24.5 Å². The van der Waals surface area contributed by atoms with E-state index in [2.05, 4.69) is 20.5 Å². The molecule has 2 aromatic heterocycles. The predicted octanol–water partition coefficient (Wildman–Crippen LogP) is 4.81. The molecule has 2 aromatic carbocycles. The van der Waals surface area contributed by atoms with E-state index in [0.29, 0.717) is 33.2 Å². The Bertz CT molecular complexity index is 1120. The summed E-state index contributed by atoms with van der Waals surface area (Å²) in [5.74, 6) is -0.395. The van der Waals surface area contributed by atoms with Crippen LogP contribution in [-0.4, -0.2) is 15.2 Å². The molecule has 5 nitrogen and oxygen atoms in total. The molecule has 0 aliphatic carbocycles. The van der Waals surface area contributed by atoms with E-state index >= 15 is 0 Å². The number of nitrogen functional groups attached to an aromatic ring is 1. The van der Waals surface area contributed by atoms with E-state index in [9.17, 15) is 4.39 Å². The fourth-order valence-electron chi connectivity index (χ4n) is 2.69. The molecule has 0 saturated heterocycles. The van der Waals surface area contributed by atoms with Crippen LogP contribution in [0.1, 0.15) is 0 Å². The summed E-state index contributed by atoms with van der Waals surface area (Å²) in [6, 6.07) is 13.7. The van der Waals surface area contributed by atoms with E-state index in [-0.39, 0.29) is 0 Å². The van der Waals surface area contributed by atoms with Gasteiger partial charge >= 0.3 is 0 Å². The number of nitrogens with two attached hydrogens (primary N) is 1. The van der Waals surface area contributed by atoms with Crippen LogP contribution in [0.3, 0.4) is 0 Å². The van der Waals surface area contributed by atoms with Crippen LogP contribution in [0.25, 0.3) is 22.2 Å². The minimum atomic E-state index is -0.395. The summed E-state index contributed by atoms with van der Waals surface area (Å²) in [4.78, 5) is 4.57. The van der Waals surface area contributed by atoms with Crippen molar-refractivity contribution in [3.8, 4) is 11.3 Å². The van der Waals surface area contributed by atoms with Gasteiger partial charge in [-0.2, -0.15) is 10.2 Å². The topological polar surface area (TPSA) is 76.7 Å². The second-order valence-electron chi connectivity index (χ2n) is 5.68. The van der Waals surface area contributed by atoms with Crippen molar-refractivity contribution in [2.45, 2.75) is 0 Å². The van der Waals surface area contributed by atoms with Crippen LogP contribution in [0.5, 0.6) is 0 Å². The van der Waals surface area contributed by atoms with E-state index in [0.717, 1.165) is 11.1 Å². The average molecular weight is 366 g/mol. The van der Waals surface area contributed by atoms with Crippen LogP contribution in [0, 0.1) is 5.82 Å². The number of anilines is 3. The Labute approximate surface area is 153 Å². The van der Waals surface area contributed by atoms with Gasteiger partial charge in [0.2, 0.25) is 0 Å². The third kappa shape index (κ3) is 3.02. The van der Waals surface area contributed by atoms with Crippen LogP contribution in [-0.2, 0) is 0 Å². The first-order chi connectivity index (χ1) is 12.6. The van der Waals surface area contributed by atoms with E-state index in [1.807, 2.05) is 24.3 Å². The van der Waals surface area contributed by atoms with Gasteiger partial charge in [0.25, 0.3) is 0 Å². The highest BCUT2D eigenvalue weighted by Gasteiger charge is 2.12. The highest BCUT2D eigenvalue weighted by molar-refractivity contribution is 6.30. The average Bonchev–Trinajstić information content (AvgIpc) is 2.65. The third-order valence-electron chi connectivity index (χ3n) is 3.95. The Morgan fingerprint density at radius 1 is 0.962 bits per heavy atom. The van der Waals surface area contributed by atoms with Crippen molar-refractivity contribution in [3.05, 3.63) is 71.8 Å². The number of nitrogens with zero attached hydrogens (tertiary/aromatic N) is 3. The minimum Gasteiger partial charge on any atom is -0.396 e. The molecule has 4 rings (SSSR count). The zero-order valence-corrected chi connectivity index (χ0v) is 14.2. The van der Waals surface area contributed by atoms with Crippen molar-refractivity contribution in [1.29, 1.82) is 0 Å². The molecule has 0 atom stereocenters. The number of hydrogen-bond donors (Lipinski definition) is 2. The maximum atomic E-state index is 14.3. The van der Waals surface area contributed by atoms with Crippen molar-refractivity contribution in [2.24, 2.45) is 0 Å². The van der Waals surface area contributed by atoms with Gasteiger partial charge in [0.15, 0.2) is 0 Å². The number of fused-ring (bicyclic) bond motifs is 1. The monoisotopic (exact) mass is 365 g/mol. The molecule has 0 fully saturated rings. The SMILES string of the molecule is Nc1cnncc1Nc1cc(-c2cc(Cl)ccc2F)nc2ccccc12. The molecule has 0 unspecified atom stereocenters. The highest BCUT2D eigenvalue weighted by Crippen LogP contribution is 2.33.